The van der Waals surface area contributed by atoms with Crippen LogP contribution >= 0.6 is 15.9 Å². The van der Waals surface area contributed by atoms with E-state index in [1.165, 1.54) is 6.07 Å². The fourth-order valence-corrected chi connectivity index (χ4v) is 2.35. The number of H-pyrrole nitrogens is 2. The van der Waals surface area contributed by atoms with Gasteiger partial charge in [-0.15, -0.1) is 0 Å². The zero-order chi connectivity index (χ0) is 23.6. The summed E-state index contributed by atoms with van der Waals surface area (Å²) in [6.07, 6.45) is 3.41. The van der Waals surface area contributed by atoms with Crippen molar-refractivity contribution >= 4 is 40.0 Å². The number of nitriles is 1. The number of pyridine rings is 2. The maximum absolute atomic E-state index is 11.3. The van der Waals surface area contributed by atoms with Gasteiger partial charge in [-0.05, 0) is 55.8 Å². The minimum absolute atomic E-state index is 0.0805. The van der Waals surface area contributed by atoms with Gasteiger partial charge in [0.2, 0.25) is 0 Å². The number of nitrogens with one attached hydrogen (secondary N) is 2. The summed E-state index contributed by atoms with van der Waals surface area (Å²) >= 11 is 3.17. The third kappa shape index (κ3) is 8.22. The van der Waals surface area contributed by atoms with Crippen molar-refractivity contribution in [1.82, 2.24) is 19.8 Å². The summed E-state index contributed by atoms with van der Waals surface area (Å²) in [4.78, 5) is 40.1. The summed E-state index contributed by atoms with van der Waals surface area (Å²) in [5.74, 6) is 0. The Morgan fingerprint density at radius 2 is 1.42 bits per heavy atom. The molecule has 0 fully saturated rings. The standard InChI is InChI=1S/C11H14N4O.C10H14BrN3O/c1-4-15(3)7-13-10-5-9(6-12)11(16)14-8(10)2;1-4-14(3)6-12-9-5-8(11)10(15)13-7(9)2/h5,7H,4H2,1-3H3,(H,14,16);5-6H,4H2,1-3H3,(H,13,15). The molecule has 2 aromatic rings. The third-order valence-corrected chi connectivity index (χ3v) is 4.87. The number of aliphatic imine (C=N–C) groups is 2. The van der Waals surface area contributed by atoms with Crippen molar-refractivity contribution in [3.05, 3.63) is 54.3 Å². The van der Waals surface area contributed by atoms with Gasteiger partial charge in [-0.3, -0.25) is 9.59 Å². The molecule has 0 amide bonds. The van der Waals surface area contributed by atoms with Crippen molar-refractivity contribution in [2.75, 3.05) is 27.2 Å². The highest BCUT2D eigenvalue weighted by atomic mass is 79.9. The molecule has 10 heteroatoms. The van der Waals surface area contributed by atoms with Gasteiger partial charge >= 0.3 is 0 Å². The lowest BCUT2D eigenvalue weighted by Gasteiger charge is -2.08. The molecule has 0 bridgehead atoms. The highest BCUT2D eigenvalue weighted by Gasteiger charge is 2.04. The fraction of sp³-hybridized carbons (Fsp3) is 0.381. The molecule has 9 nitrogen and oxygen atoms in total. The lowest BCUT2D eigenvalue weighted by Crippen LogP contribution is -2.15. The Kier molecular flexibility index (Phi) is 10.4. The molecule has 0 unspecified atom stereocenters. The second-order valence-electron chi connectivity index (χ2n) is 6.73. The first kappa shape index (κ1) is 25.8. The quantitative estimate of drug-likeness (QED) is 0.476. The van der Waals surface area contributed by atoms with Crippen LogP contribution in [0.5, 0.6) is 0 Å². The van der Waals surface area contributed by atoms with Crippen LogP contribution in [0.4, 0.5) is 11.4 Å². The van der Waals surface area contributed by atoms with E-state index < -0.39 is 0 Å². The molecule has 166 valence electrons. The van der Waals surface area contributed by atoms with E-state index in [1.807, 2.05) is 50.7 Å². The Morgan fingerprint density at radius 3 is 1.87 bits per heavy atom. The van der Waals surface area contributed by atoms with Gasteiger partial charge in [0.15, 0.2) is 0 Å². The predicted octanol–water partition coefficient (Wildman–Crippen LogP) is 3.22. The molecule has 0 spiro atoms. The van der Waals surface area contributed by atoms with Gasteiger partial charge < -0.3 is 19.8 Å². The average molecular weight is 490 g/mol. The van der Waals surface area contributed by atoms with Crippen LogP contribution in [0.2, 0.25) is 0 Å². The minimum Gasteiger partial charge on any atom is -0.366 e. The van der Waals surface area contributed by atoms with E-state index in [9.17, 15) is 9.59 Å². The molecule has 0 aliphatic rings. The summed E-state index contributed by atoms with van der Waals surface area (Å²) in [7, 11) is 3.84. The van der Waals surface area contributed by atoms with Gasteiger partial charge in [-0.25, -0.2) is 9.98 Å². The first-order valence-electron chi connectivity index (χ1n) is 9.65. The maximum Gasteiger partial charge on any atom is 0.266 e. The van der Waals surface area contributed by atoms with Crippen molar-refractivity contribution in [1.29, 1.82) is 5.26 Å². The molecule has 0 aliphatic heterocycles. The Labute approximate surface area is 190 Å². The molecule has 2 aromatic heterocycles. The normalized spacial score (nSPS) is 10.6. The molecule has 0 aromatic carbocycles. The summed E-state index contributed by atoms with van der Waals surface area (Å²) in [6, 6.07) is 5.04. The van der Waals surface area contributed by atoms with Crippen molar-refractivity contribution < 1.29 is 0 Å². The van der Waals surface area contributed by atoms with Crippen molar-refractivity contribution in [2.24, 2.45) is 9.98 Å². The van der Waals surface area contributed by atoms with E-state index in [0.717, 1.165) is 24.5 Å². The Morgan fingerprint density at radius 1 is 0.968 bits per heavy atom. The van der Waals surface area contributed by atoms with Crippen LogP contribution in [0.15, 0.2) is 36.2 Å². The second kappa shape index (κ2) is 12.5. The number of aromatic amines is 2. The molecule has 2 rings (SSSR count). The van der Waals surface area contributed by atoms with Crippen LogP contribution in [0.1, 0.15) is 30.8 Å². The number of aromatic nitrogens is 2. The second-order valence-corrected chi connectivity index (χ2v) is 7.58. The van der Waals surface area contributed by atoms with Crippen LogP contribution in [0.25, 0.3) is 0 Å². The number of halogens is 1. The maximum atomic E-state index is 11.3. The fourth-order valence-electron chi connectivity index (χ4n) is 2.04. The SMILES string of the molecule is CCN(C)C=Nc1cc(Br)c(=O)[nH]c1C.CCN(C)C=Nc1cc(C#N)c(=O)[nH]c1C. The van der Waals surface area contributed by atoms with E-state index in [1.54, 1.807) is 25.7 Å². The number of rotatable bonds is 6. The third-order valence-electron chi connectivity index (χ3n) is 4.28. The Hall–Kier alpha value is -3.19. The Bertz CT molecular complexity index is 1100. The van der Waals surface area contributed by atoms with Gasteiger partial charge in [0.05, 0.1) is 28.5 Å². The van der Waals surface area contributed by atoms with Gasteiger partial charge in [-0.1, -0.05) is 0 Å². The van der Waals surface area contributed by atoms with Crippen LogP contribution in [-0.2, 0) is 0 Å². The Balaban J connectivity index is 0.000000311. The minimum atomic E-state index is -0.372. The molecule has 31 heavy (non-hydrogen) atoms. The van der Waals surface area contributed by atoms with Gasteiger partial charge in [0.25, 0.3) is 11.1 Å². The zero-order valence-electron chi connectivity index (χ0n) is 18.7. The summed E-state index contributed by atoms with van der Waals surface area (Å²) in [5.41, 5.74) is 2.38. The monoisotopic (exact) mass is 489 g/mol. The van der Waals surface area contributed by atoms with Gasteiger partial charge in [0.1, 0.15) is 11.6 Å². The van der Waals surface area contributed by atoms with E-state index in [4.69, 9.17) is 5.26 Å². The van der Waals surface area contributed by atoms with Crippen molar-refractivity contribution in [3.8, 4) is 6.07 Å². The molecule has 0 aliphatic carbocycles. The molecular formula is C21H28BrN7O2. The molecule has 0 radical (unpaired) electrons. The molecular weight excluding hydrogens is 462 g/mol. The van der Waals surface area contributed by atoms with Crippen LogP contribution < -0.4 is 11.1 Å². The van der Waals surface area contributed by atoms with Crippen LogP contribution in [0.3, 0.4) is 0 Å². The smallest absolute Gasteiger partial charge is 0.266 e. The summed E-state index contributed by atoms with van der Waals surface area (Å²) in [6.45, 7) is 9.37. The molecule has 0 saturated carbocycles. The van der Waals surface area contributed by atoms with Gasteiger partial charge in [-0.2, -0.15) is 5.26 Å². The number of hydrogen-bond donors (Lipinski definition) is 2. The number of aryl methyl sites for hydroxylation is 2. The first-order chi connectivity index (χ1) is 14.6. The summed E-state index contributed by atoms with van der Waals surface area (Å²) in [5, 5.41) is 8.73. The van der Waals surface area contributed by atoms with E-state index in [2.05, 4.69) is 35.9 Å². The largest absolute Gasteiger partial charge is 0.366 e. The molecule has 0 saturated heterocycles. The predicted molar refractivity (Wildman–Crippen MR) is 129 cm³/mol. The zero-order valence-corrected chi connectivity index (χ0v) is 20.2. The van der Waals surface area contributed by atoms with Crippen molar-refractivity contribution in [3.63, 3.8) is 0 Å². The first-order valence-corrected chi connectivity index (χ1v) is 10.4. The molecule has 0 atom stereocenters. The molecule has 2 N–H and O–H groups in total. The van der Waals surface area contributed by atoms with Crippen LogP contribution in [-0.4, -0.2) is 59.6 Å². The van der Waals surface area contributed by atoms with Gasteiger partial charge in [0, 0.05) is 38.6 Å². The van der Waals surface area contributed by atoms with E-state index >= 15 is 0 Å². The highest BCUT2D eigenvalue weighted by Crippen LogP contribution is 2.18. The van der Waals surface area contributed by atoms with Crippen molar-refractivity contribution in [2.45, 2.75) is 27.7 Å². The molecule has 2 heterocycles. The number of hydrogen-bond acceptors (Lipinski definition) is 5. The van der Waals surface area contributed by atoms with E-state index in [0.29, 0.717) is 15.9 Å². The topological polar surface area (TPSA) is 121 Å². The summed E-state index contributed by atoms with van der Waals surface area (Å²) < 4.78 is 0.499. The highest BCUT2D eigenvalue weighted by molar-refractivity contribution is 9.10. The van der Waals surface area contributed by atoms with Crippen LogP contribution in [0, 0.1) is 25.2 Å². The average Bonchev–Trinajstić information content (AvgIpc) is 2.74. The lowest BCUT2D eigenvalue weighted by molar-refractivity contribution is 0.552. The lowest BCUT2D eigenvalue weighted by atomic mass is 10.2. The van der Waals surface area contributed by atoms with E-state index in [-0.39, 0.29) is 16.7 Å². The number of nitrogens with zero attached hydrogens (tertiary/aromatic N) is 5.